The van der Waals surface area contributed by atoms with Crippen molar-refractivity contribution >= 4 is 29.1 Å². The number of esters is 2. The van der Waals surface area contributed by atoms with Crippen LogP contribution in [-0.2, 0) is 19.1 Å². The summed E-state index contributed by atoms with van der Waals surface area (Å²) < 4.78 is 9.38. The van der Waals surface area contributed by atoms with Gasteiger partial charge in [-0.3, -0.25) is 0 Å². The SMILES string of the molecule is COC(=O)/C=C1\C=C(c2ccc(Cl)cc2)C(=O)O1. The molecule has 0 spiro atoms. The van der Waals surface area contributed by atoms with Crippen LogP contribution in [0.3, 0.4) is 0 Å². The number of hydrogen-bond donors (Lipinski definition) is 0. The first-order valence-corrected chi connectivity index (χ1v) is 5.47. The molecule has 1 aliphatic rings. The molecule has 5 heteroatoms. The largest absolute Gasteiger partial charge is 0.466 e. The molecule has 4 nitrogen and oxygen atoms in total. The molecule has 0 amide bonds. The molecule has 0 fully saturated rings. The van der Waals surface area contributed by atoms with E-state index in [1.807, 2.05) is 0 Å². The average molecular weight is 265 g/mol. The lowest BCUT2D eigenvalue weighted by Crippen LogP contribution is -2.00. The van der Waals surface area contributed by atoms with Gasteiger partial charge in [-0.2, -0.15) is 0 Å². The van der Waals surface area contributed by atoms with Crippen LogP contribution in [0.1, 0.15) is 5.56 Å². The van der Waals surface area contributed by atoms with Gasteiger partial charge in [-0.05, 0) is 23.8 Å². The highest BCUT2D eigenvalue weighted by atomic mass is 35.5. The van der Waals surface area contributed by atoms with Crippen LogP contribution in [0.4, 0.5) is 0 Å². The molecule has 1 aliphatic heterocycles. The van der Waals surface area contributed by atoms with Crippen molar-refractivity contribution in [3.63, 3.8) is 0 Å². The third-order valence-corrected chi connectivity index (χ3v) is 2.59. The van der Waals surface area contributed by atoms with Gasteiger partial charge in [-0.25, -0.2) is 9.59 Å². The second-order valence-corrected chi connectivity index (χ2v) is 3.96. The second kappa shape index (κ2) is 5.06. The third-order valence-electron chi connectivity index (χ3n) is 2.33. The zero-order valence-corrected chi connectivity index (χ0v) is 10.2. The summed E-state index contributed by atoms with van der Waals surface area (Å²) >= 11 is 5.76. The summed E-state index contributed by atoms with van der Waals surface area (Å²) in [6.45, 7) is 0. The highest BCUT2D eigenvalue weighted by Crippen LogP contribution is 2.26. The number of methoxy groups -OCH3 is 1. The highest BCUT2D eigenvalue weighted by molar-refractivity contribution is 6.30. The Labute approximate surface area is 108 Å². The standard InChI is InChI=1S/C13H9ClO4/c1-17-12(15)7-10-6-11(13(16)18-10)8-2-4-9(14)5-3-8/h2-7H,1H3/b10-7+. The summed E-state index contributed by atoms with van der Waals surface area (Å²) in [5.74, 6) is -0.921. The number of hydrogen-bond acceptors (Lipinski definition) is 4. The van der Waals surface area contributed by atoms with Gasteiger partial charge in [-0.1, -0.05) is 23.7 Å². The van der Waals surface area contributed by atoms with E-state index in [1.54, 1.807) is 24.3 Å². The maximum Gasteiger partial charge on any atom is 0.344 e. The van der Waals surface area contributed by atoms with Crippen molar-refractivity contribution in [2.24, 2.45) is 0 Å². The third kappa shape index (κ3) is 2.60. The first-order chi connectivity index (χ1) is 8.60. The number of cyclic esters (lactones) is 1. The van der Waals surface area contributed by atoms with Crippen molar-refractivity contribution in [3.05, 3.63) is 52.8 Å². The Morgan fingerprint density at radius 3 is 2.61 bits per heavy atom. The number of rotatable bonds is 2. The van der Waals surface area contributed by atoms with Gasteiger partial charge < -0.3 is 9.47 Å². The molecule has 0 saturated heterocycles. The van der Waals surface area contributed by atoms with Crippen LogP contribution < -0.4 is 0 Å². The van der Waals surface area contributed by atoms with E-state index in [2.05, 4.69) is 4.74 Å². The number of carbonyl (C=O) groups is 2. The van der Waals surface area contributed by atoms with E-state index in [9.17, 15) is 9.59 Å². The minimum absolute atomic E-state index is 0.164. The summed E-state index contributed by atoms with van der Waals surface area (Å²) in [5, 5.41) is 0.580. The van der Waals surface area contributed by atoms with Crippen molar-refractivity contribution in [1.29, 1.82) is 0 Å². The van der Waals surface area contributed by atoms with Crippen LogP contribution in [-0.4, -0.2) is 19.0 Å². The minimum Gasteiger partial charge on any atom is -0.466 e. The van der Waals surface area contributed by atoms with Crippen molar-refractivity contribution < 1.29 is 19.1 Å². The lowest BCUT2D eigenvalue weighted by atomic mass is 10.1. The zero-order valence-electron chi connectivity index (χ0n) is 9.48. The van der Waals surface area contributed by atoms with Crippen molar-refractivity contribution in [1.82, 2.24) is 0 Å². The lowest BCUT2D eigenvalue weighted by Gasteiger charge is -1.98. The Morgan fingerprint density at radius 1 is 1.33 bits per heavy atom. The number of ether oxygens (including phenoxy) is 2. The molecule has 0 bridgehead atoms. The summed E-state index contributed by atoms with van der Waals surface area (Å²) in [5.41, 5.74) is 1.06. The van der Waals surface area contributed by atoms with E-state index in [0.29, 0.717) is 16.2 Å². The summed E-state index contributed by atoms with van der Waals surface area (Å²) in [6, 6.07) is 6.76. The fourth-order valence-electron chi connectivity index (χ4n) is 1.47. The van der Waals surface area contributed by atoms with Gasteiger partial charge in [0.2, 0.25) is 0 Å². The van der Waals surface area contributed by atoms with E-state index >= 15 is 0 Å². The monoisotopic (exact) mass is 264 g/mol. The average Bonchev–Trinajstić information content (AvgIpc) is 2.71. The van der Waals surface area contributed by atoms with Gasteiger partial charge in [0.15, 0.2) is 0 Å². The summed E-state index contributed by atoms with van der Waals surface area (Å²) in [4.78, 5) is 22.6. The minimum atomic E-state index is -0.577. The Morgan fingerprint density at radius 2 is 2.00 bits per heavy atom. The van der Waals surface area contributed by atoms with Crippen molar-refractivity contribution in [3.8, 4) is 0 Å². The molecule has 0 saturated carbocycles. The second-order valence-electron chi connectivity index (χ2n) is 3.52. The quantitative estimate of drug-likeness (QED) is 0.608. The van der Waals surface area contributed by atoms with Gasteiger partial charge in [0.25, 0.3) is 0 Å². The molecule has 2 rings (SSSR count). The van der Waals surface area contributed by atoms with Gasteiger partial charge in [0.1, 0.15) is 5.76 Å². The Balaban J connectivity index is 2.31. The number of benzene rings is 1. The maximum absolute atomic E-state index is 11.6. The maximum atomic E-state index is 11.6. The highest BCUT2D eigenvalue weighted by Gasteiger charge is 2.23. The van der Waals surface area contributed by atoms with Gasteiger partial charge in [-0.15, -0.1) is 0 Å². The number of allylic oxidation sites excluding steroid dienone is 1. The molecule has 1 heterocycles. The van der Waals surface area contributed by atoms with E-state index in [4.69, 9.17) is 16.3 Å². The molecular weight excluding hydrogens is 256 g/mol. The summed E-state index contributed by atoms with van der Waals surface area (Å²) in [7, 11) is 1.25. The van der Waals surface area contributed by atoms with Crippen LogP contribution >= 0.6 is 11.6 Å². The van der Waals surface area contributed by atoms with Crippen molar-refractivity contribution in [2.45, 2.75) is 0 Å². The van der Waals surface area contributed by atoms with Gasteiger partial charge >= 0.3 is 11.9 Å². The van der Waals surface area contributed by atoms with Crippen LogP contribution in [0.15, 0.2) is 42.2 Å². The first-order valence-electron chi connectivity index (χ1n) is 5.09. The molecule has 0 radical (unpaired) electrons. The van der Waals surface area contributed by atoms with E-state index in [1.165, 1.54) is 13.2 Å². The Bertz CT molecular complexity index is 555. The topological polar surface area (TPSA) is 52.6 Å². The van der Waals surface area contributed by atoms with Crippen molar-refractivity contribution in [2.75, 3.05) is 7.11 Å². The summed E-state index contributed by atoms with van der Waals surface area (Å²) in [6.07, 6.45) is 2.60. The molecule has 0 atom stereocenters. The fraction of sp³-hybridized carbons (Fsp3) is 0.0769. The molecule has 1 aromatic carbocycles. The number of halogens is 1. The predicted molar refractivity (Wildman–Crippen MR) is 65.6 cm³/mol. The molecular formula is C13H9ClO4. The molecule has 0 aromatic heterocycles. The zero-order chi connectivity index (χ0) is 13.1. The van der Waals surface area contributed by atoms with E-state index in [0.717, 1.165) is 6.08 Å². The molecule has 18 heavy (non-hydrogen) atoms. The van der Waals surface area contributed by atoms with Gasteiger partial charge in [0.05, 0.1) is 18.8 Å². The fourth-order valence-corrected chi connectivity index (χ4v) is 1.60. The Kier molecular flexibility index (Phi) is 3.48. The molecule has 92 valence electrons. The van der Waals surface area contributed by atoms with Crippen LogP contribution in [0.25, 0.3) is 5.57 Å². The van der Waals surface area contributed by atoms with Crippen LogP contribution in [0.2, 0.25) is 5.02 Å². The first kappa shape index (κ1) is 12.4. The number of carbonyl (C=O) groups excluding carboxylic acids is 2. The smallest absolute Gasteiger partial charge is 0.344 e. The normalized spacial score (nSPS) is 16.4. The van der Waals surface area contributed by atoms with E-state index < -0.39 is 11.9 Å². The van der Waals surface area contributed by atoms with E-state index in [-0.39, 0.29) is 5.76 Å². The molecule has 0 unspecified atom stereocenters. The molecule has 0 N–H and O–H groups in total. The van der Waals surface area contributed by atoms with Gasteiger partial charge in [0, 0.05) is 5.02 Å². The molecule has 1 aromatic rings. The Hall–Kier alpha value is -2.07. The molecule has 0 aliphatic carbocycles. The predicted octanol–water partition coefficient (Wildman–Crippen LogP) is 2.34. The van der Waals surface area contributed by atoms with Crippen LogP contribution in [0, 0.1) is 0 Å². The van der Waals surface area contributed by atoms with Crippen LogP contribution in [0.5, 0.6) is 0 Å². The lowest BCUT2D eigenvalue weighted by molar-refractivity contribution is -0.135.